The summed E-state index contributed by atoms with van der Waals surface area (Å²) in [4.78, 5) is 0. The van der Waals surface area contributed by atoms with Crippen molar-refractivity contribution in [3.63, 3.8) is 0 Å². The minimum absolute atomic E-state index is 0. The van der Waals surface area contributed by atoms with Gasteiger partial charge in [0.25, 0.3) is 0 Å². The molecule has 0 aromatic carbocycles. The van der Waals surface area contributed by atoms with Crippen LogP contribution in [0.2, 0.25) is 0 Å². The molecule has 0 spiro atoms. The minimum atomic E-state index is 0. The molecule has 79 valence electrons. The zero-order valence-corrected chi connectivity index (χ0v) is 14.0. The van der Waals surface area contributed by atoms with Gasteiger partial charge in [0.2, 0.25) is 4.38 Å². The summed E-state index contributed by atoms with van der Waals surface area (Å²) < 4.78 is 6.09. The fraction of sp³-hybridized carbons (Fsp3) is 0.909. The first-order valence-corrected chi connectivity index (χ1v) is 6.51. The number of hydrogen-bond donors (Lipinski definition) is 1. The van der Waals surface area contributed by atoms with E-state index in [2.05, 4.69) is 12.6 Å². The van der Waals surface area contributed by atoms with Crippen molar-refractivity contribution in [2.45, 2.75) is 38.2 Å². The van der Waals surface area contributed by atoms with Gasteiger partial charge in [0.05, 0.1) is 0 Å². The number of hydrogen-bond acceptors (Lipinski definition) is 2. The summed E-state index contributed by atoms with van der Waals surface area (Å²) in [5, 5.41) is 0. The van der Waals surface area contributed by atoms with Crippen molar-refractivity contribution in [2.75, 3.05) is 0 Å². The Balaban J connectivity index is 0.000000853. The van der Waals surface area contributed by atoms with Crippen LogP contribution in [0.3, 0.4) is 0 Å². The van der Waals surface area contributed by atoms with Gasteiger partial charge in [-0.1, -0.05) is 19.0 Å². The van der Waals surface area contributed by atoms with E-state index in [1.807, 2.05) is 0 Å². The molecule has 3 saturated carbocycles. The summed E-state index contributed by atoms with van der Waals surface area (Å²) in [6.07, 6.45) is 7.41. The molecule has 0 aromatic rings. The maximum Gasteiger partial charge on any atom is 0.217 e. The predicted molar refractivity (Wildman–Crippen MR) is 69.3 cm³/mol. The van der Waals surface area contributed by atoms with Crippen LogP contribution in [0.5, 0.6) is 0 Å². The van der Waals surface area contributed by atoms with E-state index < -0.39 is 0 Å². The number of thiocarbonyl (C=S) groups is 1. The van der Waals surface area contributed by atoms with Crippen LogP contribution in [0.4, 0.5) is 0 Å². The second kappa shape index (κ2) is 5.25. The van der Waals surface area contributed by atoms with E-state index in [-0.39, 0.29) is 51.4 Å². The molecule has 0 heterocycles. The monoisotopic (exact) mass is 267 g/mol. The molecule has 2 bridgehead atoms. The second-order valence-electron chi connectivity index (χ2n) is 5.08. The molecular formula is C11H16KOS2. The van der Waals surface area contributed by atoms with Gasteiger partial charge < -0.3 is 4.74 Å². The van der Waals surface area contributed by atoms with Crippen LogP contribution in [0.15, 0.2) is 0 Å². The Morgan fingerprint density at radius 3 is 2.60 bits per heavy atom. The minimum Gasteiger partial charge on any atom is -0.475 e. The molecule has 15 heavy (non-hydrogen) atoms. The van der Waals surface area contributed by atoms with E-state index >= 15 is 0 Å². The molecular weight excluding hydrogens is 251 g/mol. The van der Waals surface area contributed by atoms with Crippen LogP contribution in [0.25, 0.3) is 0 Å². The molecule has 3 aliphatic carbocycles. The van der Waals surface area contributed by atoms with Crippen molar-refractivity contribution in [3.8, 4) is 0 Å². The quantitative estimate of drug-likeness (QED) is 0.444. The van der Waals surface area contributed by atoms with Crippen LogP contribution in [0, 0.1) is 23.7 Å². The van der Waals surface area contributed by atoms with Crippen LogP contribution >= 0.6 is 24.8 Å². The predicted octanol–water partition coefficient (Wildman–Crippen LogP) is 2.66. The summed E-state index contributed by atoms with van der Waals surface area (Å²) in [6.45, 7) is 0. The van der Waals surface area contributed by atoms with Crippen LogP contribution in [0.1, 0.15) is 32.1 Å². The summed E-state index contributed by atoms with van der Waals surface area (Å²) in [5.74, 6) is 3.74. The van der Waals surface area contributed by atoms with Gasteiger partial charge in [-0.05, 0) is 61.6 Å². The molecule has 3 rings (SSSR count). The van der Waals surface area contributed by atoms with E-state index in [1.54, 1.807) is 0 Å². The van der Waals surface area contributed by atoms with Gasteiger partial charge in [0.1, 0.15) is 6.10 Å². The molecule has 0 saturated heterocycles. The summed E-state index contributed by atoms with van der Waals surface area (Å²) >= 11 is 8.98. The van der Waals surface area contributed by atoms with Crippen molar-refractivity contribution in [3.05, 3.63) is 0 Å². The Kier molecular flexibility index (Phi) is 4.66. The number of ether oxygens (including phenoxy) is 1. The second-order valence-corrected chi connectivity index (χ2v) is 6.16. The summed E-state index contributed by atoms with van der Waals surface area (Å²) in [6, 6.07) is 0. The van der Waals surface area contributed by atoms with E-state index in [0.717, 1.165) is 23.7 Å². The molecule has 4 heteroatoms. The summed E-state index contributed by atoms with van der Waals surface area (Å²) in [5.41, 5.74) is 0. The summed E-state index contributed by atoms with van der Waals surface area (Å²) in [7, 11) is 0. The maximum atomic E-state index is 5.65. The largest absolute Gasteiger partial charge is 0.475 e. The third-order valence-corrected chi connectivity index (χ3v) is 4.82. The zero-order chi connectivity index (χ0) is 9.71. The Labute approximate surface area is 145 Å². The molecule has 5 unspecified atom stereocenters. The molecule has 3 fully saturated rings. The van der Waals surface area contributed by atoms with Gasteiger partial charge >= 0.3 is 0 Å². The van der Waals surface area contributed by atoms with Crippen LogP contribution in [-0.2, 0) is 4.74 Å². The van der Waals surface area contributed by atoms with Crippen molar-refractivity contribution < 1.29 is 4.74 Å². The molecule has 0 amide bonds. The smallest absolute Gasteiger partial charge is 0.217 e. The molecule has 0 aromatic heterocycles. The Hall–Kier alpha value is 1.88. The van der Waals surface area contributed by atoms with E-state index in [9.17, 15) is 0 Å². The Morgan fingerprint density at radius 1 is 1.13 bits per heavy atom. The Bertz CT molecular complexity index is 271. The Morgan fingerprint density at radius 2 is 1.87 bits per heavy atom. The van der Waals surface area contributed by atoms with E-state index in [0.29, 0.717) is 10.5 Å². The topological polar surface area (TPSA) is 9.23 Å². The number of rotatable bonds is 1. The van der Waals surface area contributed by atoms with Gasteiger partial charge in [-0.25, -0.2) is 0 Å². The number of thiol groups is 1. The first kappa shape index (κ1) is 13.3. The molecule has 3 aliphatic rings. The fourth-order valence-electron chi connectivity index (χ4n) is 4.27. The van der Waals surface area contributed by atoms with Gasteiger partial charge in [-0.15, -0.1) is 0 Å². The fourth-order valence-corrected chi connectivity index (χ4v) is 4.53. The van der Waals surface area contributed by atoms with E-state index in [4.69, 9.17) is 17.0 Å². The average molecular weight is 267 g/mol. The molecule has 1 nitrogen and oxygen atoms in total. The standard InChI is InChI=1S/C11H16OS2.K/c13-11(14)12-10-5-6-4-9(10)8-3-1-2-7(6)8;/h6-10H,1-5H2,(H,13,14);. The molecule has 0 N–H and O–H groups in total. The van der Waals surface area contributed by atoms with Crippen molar-refractivity contribution >= 4 is 80.6 Å². The maximum absolute atomic E-state index is 5.65. The van der Waals surface area contributed by atoms with Gasteiger partial charge in [-0.2, -0.15) is 0 Å². The van der Waals surface area contributed by atoms with Crippen LogP contribution in [-0.4, -0.2) is 61.9 Å². The van der Waals surface area contributed by atoms with Crippen molar-refractivity contribution in [2.24, 2.45) is 23.7 Å². The molecule has 0 aliphatic heterocycles. The first-order valence-electron chi connectivity index (χ1n) is 5.65. The third kappa shape index (κ3) is 2.38. The average Bonchev–Trinajstić information content (AvgIpc) is 2.68. The van der Waals surface area contributed by atoms with Crippen molar-refractivity contribution in [1.29, 1.82) is 0 Å². The molecule has 5 atom stereocenters. The van der Waals surface area contributed by atoms with Gasteiger partial charge in [0, 0.05) is 51.4 Å². The number of fused-ring (bicyclic) bond motifs is 5. The van der Waals surface area contributed by atoms with Gasteiger partial charge in [0.15, 0.2) is 0 Å². The SMILES string of the molecule is S=C(S)OC1CC2CC1C1CCCC21.[K]. The van der Waals surface area contributed by atoms with Gasteiger partial charge in [-0.3, -0.25) is 0 Å². The van der Waals surface area contributed by atoms with Crippen LogP contribution < -0.4 is 0 Å². The molecule has 1 radical (unpaired) electrons. The zero-order valence-electron chi connectivity index (χ0n) is 9.19. The third-order valence-electron chi connectivity index (χ3n) is 4.62. The normalized spacial score (nSPS) is 46.1. The first-order chi connectivity index (χ1) is 6.75. The van der Waals surface area contributed by atoms with Crippen molar-refractivity contribution in [1.82, 2.24) is 0 Å². The van der Waals surface area contributed by atoms with E-state index in [1.165, 1.54) is 32.1 Å².